The first kappa shape index (κ1) is 12.0. The van der Waals surface area contributed by atoms with Crippen molar-refractivity contribution in [3.63, 3.8) is 0 Å². The molecule has 1 heterocycles. The molecule has 0 aliphatic carbocycles. The van der Waals surface area contributed by atoms with Crippen LogP contribution in [-0.4, -0.2) is 18.4 Å². The van der Waals surface area contributed by atoms with Gasteiger partial charge in [-0.3, -0.25) is 0 Å². The van der Waals surface area contributed by atoms with E-state index in [-0.39, 0.29) is 5.76 Å². The van der Waals surface area contributed by atoms with Crippen LogP contribution in [0.2, 0.25) is 0 Å². The molecule has 0 bridgehead atoms. The van der Waals surface area contributed by atoms with E-state index in [4.69, 9.17) is 4.42 Å². The highest BCUT2D eigenvalue weighted by Crippen LogP contribution is 2.15. The smallest absolute Gasteiger partial charge is 0.373 e. The summed E-state index contributed by atoms with van der Waals surface area (Å²) in [6.07, 6.45) is 2.86. The van der Waals surface area contributed by atoms with Gasteiger partial charge >= 0.3 is 5.97 Å². The molecular weight excluding hydrogens is 260 g/mol. The van der Waals surface area contributed by atoms with E-state index in [1.54, 1.807) is 12.1 Å². The standard InChI is InChI=1S/C11H13BrO3/c1-3-8(7-12)6-9-4-5-10(15-9)11(13)14-2/h4-6H,3,7H2,1-2H3. The van der Waals surface area contributed by atoms with Crippen LogP contribution < -0.4 is 0 Å². The topological polar surface area (TPSA) is 39.4 Å². The van der Waals surface area contributed by atoms with Crippen molar-refractivity contribution < 1.29 is 13.9 Å². The first-order chi connectivity index (χ1) is 7.21. The first-order valence-corrected chi connectivity index (χ1v) is 5.77. The maximum atomic E-state index is 11.1. The molecule has 0 N–H and O–H groups in total. The molecule has 0 aliphatic heterocycles. The fraction of sp³-hybridized carbons (Fsp3) is 0.364. The molecule has 0 saturated carbocycles. The van der Waals surface area contributed by atoms with Gasteiger partial charge in [0.05, 0.1) is 7.11 Å². The number of carbonyl (C=O) groups excluding carboxylic acids is 1. The van der Waals surface area contributed by atoms with Crippen LogP contribution in [0.5, 0.6) is 0 Å². The lowest BCUT2D eigenvalue weighted by Gasteiger charge is -1.96. The second-order valence-electron chi connectivity index (χ2n) is 2.98. The van der Waals surface area contributed by atoms with Crippen LogP contribution in [0.4, 0.5) is 0 Å². The molecule has 0 spiro atoms. The maximum Gasteiger partial charge on any atom is 0.373 e. The van der Waals surface area contributed by atoms with Crippen LogP contribution in [0.25, 0.3) is 6.08 Å². The van der Waals surface area contributed by atoms with Gasteiger partial charge in [-0.05, 0) is 24.6 Å². The van der Waals surface area contributed by atoms with Gasteiger partial charge < -0.3 is 9.15 Å². The largest absolute Gasteiger partial charge is 0.463 e. The Morgan fingerprint density at radius 1 is 1.60 bits per heavy atom. The molecule has 4 heteroatoms. The zero-order chi connectivity index (χ0) is 11.3. The number of rotatable bonds is 4. The molecule has 0 amide bonds. The van der Waals surface area contributed by atoms with Crippen molar-refractivity contribution in [2.45, 2.75) is 13.3 Å². The lowest BCUT2D eigenvalue weighted by atomic mass is 10.2. The first-order valence-electron chi connectivity index (χ1n) is 4.64. The Morgan fingerprint density at radius 2 is 2.33 bits per heavy atom. The second kappa shape index (κ2) is 5.75. The molecule has 0 aromatic carbocycles. The van der Waals surface area contributed by atoms with Crippen molar-refractivity contribution >= 4 is 28.0 Å². The van der Waals surface area contributed by atoms with Crippen LogP contribution in [0.15, 0.2) is 22.1 Å². The summed E-state index contributed by atoms with van der Waals surface area (Å²) in [7, 11) is 1.33. The Bertz CT molecular complexity index is 360. The molecule has 0 saturated heterocycles. The number of furan rings is 1. The van der Waals surface area contributed by atoms with Crippen LogP contribution in [0.3, 0.4) is 0 Å². The molecule has 0 atom stereocenters. The summed E-state index contributed by atoms with van der Waals surface area (Å²) in [6.45, 7) is 2.07. The van der Waals surface area contributed by atoms with E-state index in [0.29, 0.717) is 5.76 Å². The van der Waals surface area contributed by atoms with Gasteiger partial charge in [-0.1, -0.05) is 28.4 Å². The predicted molar refractivity (Wildman–Crippen MR) is 62.1 cm³/mol. The Labute approximate surface area is 97.2 Å². The summed E-state index contributed by atoms with van der Waals surface area (Å²) < 4.78 is 9.84. The predicted octanol–water partition coefficient (Wildman–Crippen LogP) is 3.25. The monoisotopic (exact) mass is 272 g/mol. The molecule has 1 rings (SSSR count). The highest BCUT2D eigenvalue weighted by molar-refractivity contribution is 9.09. The Kier molecular flexibility index (Phi) is 4.62. The van der Waals surface area contributed by atoms with Gasteiger partial charge in [-0.15, -0.1) is 0 Å². The number of methoxy groups -OCH3 is 1. The summed E-state index contributed by atoms with van der Waals surface area (Å²) in [5.74, 6) is 0.451. The number of esters is 1. The fourth-order valence-electron chi connectivity index (χ4n) is 1.08. The van der Waals surface area contributed by atoms with E-state index in [0.717, 1.165) is 11.8 Å². The molecule has 3 nitrogen and oxygen atoms in total. The molecule has 1 aromatic heterocycles. The second-order valence-corrected chi connectivity index (χ2v) is 3.54. The molecular formula is C11H13BrO3. The Balaban J connectivity index is 2.84. The van der Waals surface area contributed by atoms with Crippen molar-refractivity contribution in [2.24, 2.45) is 0 Å². The third kappa shape index (κ3) is 3.23. The van der Waals surface area contributed by atoms with Gasteiger partial charge in [-0.25, -0.2) is 4.79 Å². The quantitative estimate of drug-likeness (QED) is 0.624. The lowest BCUT2D eigenvalue weighted by molar-refractivity contribution is 0.0564. The highest BCUT2D eigenvalue weighted by Gasteiger charge is 2.09. The maximum absolute atomic E-state index is 11.1. The zero-order valence-corrected chi connectivity index (χ0v) is 10.3. The number of hydrogen-bond acceptors (Lipinski definition) is 3. The summed E-state index contributed by atoms with van der Waals surface area (Å²) in [6, 6.07) is 3.36. The number of ether oxygens (including phenoxy) is 1. The number of halogens is 1. The molecule has 0 fully saturated rings. The number of alkyl halides is 1. The third-order valence-corrected chi connectivity index (χ3v) is 2.71. The Morgan fingerprint density at radius 3 is 2.87 bits per heavy atom. The van der Waals surface area contributed by atoms with Gasteiger partial charge in [0, 0.05) is 5.33 Å². The number of hydrogen-bond donors (Lipinski definition) is 0. The van der Waals surface area contributed by atoms with E-state index in [9.17, 15) is 4.79 Å². The minimum atomic E-state index is -0.452. The van der Waals surface area contributed by atoms with Gasteiger partial charge in [0.25, 0.3) is 0 Å². The average molecular weight is 273 g/mol. The normalized spacial score (nSPS) is 11.5. The van der Waals surface area contributed by atoms with E-state index >= 15 is 0 Å². The van der Waals surface area contributed by atoms with E-state index in [2.05, 4.69) is 27.6 Å². The van der Waals surface area contributed by atoms with Crippen LogP contribution >= 0.6 is 15.9 Å². The van der Waals surface area contributed by atoms with E-state index in [1.165, 1.54) is 12.7 Å². The SMILES string of the molecule is CCC(=Cc1ccc(C(=O)OC)o1)CBr. The highest BCUT2D eigenvalue weighted by atomic mass is 79.9. The number of allylic oxidation sites excluding steroid dienone is 1. The Hall–Kier alpha value is -1.03. The summed E-state index contributed by atoms with van der Waals surface area (Å²) in [5.41, 5.74) is 1.21. The molecule has 82 valence electrons. The average Bonchev–Trinajstić information content (AvgIpc) is 2.73. The van der Waals surface area contributed by atoms with Crippen molar-refractivity contribution in [2.75, 3.05) is 12.4 Å². The molecule has 0 unspecified atom stereocenters. The van der Waals surface area contributed by atoms with Crippen LogP contribution in [0, 0.1) is 0 Å². The summed E-state index contributed by atoms with van der Waals surface area (Å²) in [5, 5.41) is 0.803. The van der Waals surface area contributed by atoms with E-state index in [1.807, 2.05) is 6.08 Å². The van der Waals surface area contributed by atoms with Crippen molar-refractivity contribution in [1.29, 1.82) is 0 Å². The molecule has 15 heavy (non-hydrogen) atoms. The van der Waals surface area contributed by atoms with Gasteiger partial charge in [-0.2, -0.15) is 0 Å². The van der Waals surface area contributed by atoms with Crippen LogP contribution in [0.1, 0.15) is 29.7 Å². The third-order valence-electron chi connectivity index (χ3n) is 1.99. The fourth-order valence-corrected chi connectivity index (χ4v) is 1.64. The summed E-state index contributed by atoms with van der Waals surface area (Å²) in [4.78, 5) is 11.1. The lowest BCUT2D eigenvalue weighted by Crippen LogP contribution is -1.98. The molecule has 1 aromatic rings. The van der Waals surface area contributed by atoms with Gasteiger partial charge in [0.1, 0.15) is 5.76 Å². The molecule has 0 aliphatic rings. The van der Waals surface area contributed by atoms with Crippen molar-refractivity contribution in [3.8, 4) is 0 Å². The van der Waals surface area contributed by atoms with Crippen LogP contribution in [-0.2, 0) is 4.74 Å². The van der Waals surface area contributed by atoms with Crippen molar-refractivity contribution in [3.05, 3.63) is 29.2 Å². The van der Waals surface area contributed by atoms with Gasteiger partial charge in [0.15, 0.2) is 0 Å². The zero-order valence-electron chi connectivity index (χ0n) is 8.75. The number of carbonyl (C=O) groups is 1. The molecule has 0 radical (unpaired) electrons. The van der Waals surface area contributed by atoms with E-state index < -0.39 is 5.97 Å². The van der Waals surface area contributed by atoms with Crippen molar-refractivity contribution in [1.82, 2.24) is 0 Å². The summed E-state index contributed by atoms with van der Waals surface area (Å²) >= 11 is 3.38. The minimum Gasteiger partial charge on any atom is -0.463 e. The minimum absolute atomic E-state index is 0.230. The van der Waals surface area contributed by atoms with Gasteiger partial charge in [0.2, 0.25) is 5.76 Å².